The lowest BCUT2D eigenvalue weighted by atomic mass is 10.2. The molecule has 2 rings (SSSR count). The van der Waals surface area contributed by atoms with E-state index in [0.29, 0.717) is 15.5 Å². The normalized spacial score (nSPS) is 11.0. The van der Waals surface area contributed by atoms with Crippen molar-refractivity contribution < 1.29 is 13.2 Å². The summed E-state index contributed by atoms with van der Waals surface area (Å²) in [5.74, 6) is 0.281. The Hall–Kier alpha value is -2.43. The van der Waals surface area contributed by atoms with Crippen molar-refractivity contribution in [2.45, 2.75) is 21.9 Å². The molecule has 0 aliphatic carbocycles. The molecule has 5 nitrogen and oxygen atoms in total. The zero-order chi connectivity index (χ0) is 18.6. The van der Waals surface area contributed by atoms with Gasteiger partial charge in [-0.15, -0.1) is 23.5 Å². The lowest BCUT2D eigenvalue weighted by molar-refractivity contribution is -0.141. The molecule has 10 heteroatoms. The Kier molecular flexibility index (Phi) is 5.77. The third-order valence-corrected chi connectivity index (χ3v) is 4.89. The topological polar surface area (TPSA) is 79.9 Å². The molecule has 0 fully saturated rings. The number of aromatic nitrogens is 2. The van der Waals surface area contributed by atoms with Crippen LogP contribution in [0.5, 0.6) is 0 Å². The van der Waals surface area contributed by atoms with Crippen LogP contribution in [0.4, 0.5) is 24.7 Å². The Morgan fingerprint density at radius 3 is 2.60 bits per heavy atom. The highest BCUT2D eigenvalue weighted by molar-refractivity contribution is 7.99. The van der Waals surface area contributed by atoms with Gasteiger partial charge in [-0.1, -0.05) is 6.07 Å². The molecule has 0 saturated carbocycles. The third kappa shape index (κ3) is 4.16. The number of hydrogen-bond acceptors (Lipinski definition) is 6. The Balaban J connectivity index is 2.28. The van der Waals surface area contributed by atoms with E-state index in [1.54, 1.807) is 6.26 Å². The van der Waals surface area contributed by atoms with Gasteiger partial charge in [0, 0.05) is 16.8 Å². The number of anilines is 1. The first-order chi connectivity index (χ1) is 11.8. The molecular formula is C15H10F3N5S2. The summed E-state index contributed by atoms with van der Waals surface area (Å²) in [6.45, 7) is 7.15. The van der Waals surface area contributed by atoms with Crippen molar-refractivity contribution in [3.63, 3.8) is 0 Å². The van der Waals surface area contributed by atoms with Crippen LogP contribution in [0.3, 0.4) is 0 Å². The van der Waals surface area contributed by atoms with Gasteiger partial charge < -0.3 is 5.73 Å². The Bertz CT molecular complexity index is 867. The molecule has 0 unspecified atom stereocenters. The Morgan fingerprint density at radius 1 is 1.40 bits per heavy atom. The van der Waals surface area contributed by atoms with Crippen molar-refractivity contribution in [3.8, 4) is 6.07 Å². The molecule has 0 saturated heterocycles. The van der Waals surface area contributed by atoms with E-state index in [1.165, 1.54) is 17.8 Å². The van der Waals surface area contributed by atoms with Crippen molar-refractivity contribution in [1.82, 2.24) is 9.97 Å². The molecule has 0 radical (unpaired) electrons. The van der Waals surface area contributed by atoms with Gasteiger partial charge in [0.2, 0.25) is 5.69 Å². The number of alkyl halides is 3. The van der Waals surface area contributed by atoms with Gasteiger partial charge in [-0.25, -0.2) is 9.83 Å². The van der Waals surface area contributed by atoms with Gasteiger partial charge in [-0.2, -0.15) is 18.4 Å². The summed E-state index contributed by atoms with van der Waals surface area (Å²) in [7, 11) is 0. The van der Waals surface area contributed by atoms with E-state index in [0.717, 1.165) is 24.0 Å². The second-order valence-corrected chi connectivity index (χ2v) is 6.40. The summed E-state index contributed by atoms with van der Waals surface area (Å²) < 4.78 is 37.5. The first-order valence-corrected chi connectivity index (χ1v) is 8.82. The van der Waals surface area contributed by atoms with Crippen LogP contribution in [0.15, 0.2) is 28.3 Å². The van der Waals surface area contributed by atoms with Crippen LogP contribution >= 0.6 is 23.5 Å². The fraction of sp³-hybridized carbons (Fsp3) is 0.200. The van der Waals surface area contributed by atoms with Gasteiger partial charge in [0.25, 0.3) is 0 Å². The minimum Gasteiger partial charge on any atom is -0.392 e. The molecule has 0 atom stereocenters. The molecular weight excluding hydrogens is 371 g/mol. The number of hydrogen-bond donors (Lipinski definition) is 1. The van der Waals surface area contributed by atoms with Crippen LogP contribution < -0.4 is 5.73 Å². The van der Waals surface area contributed by atoms with Crippen LogP contribution in [-0.4, -0.2) is 16.2 Å². The monoisotopic (exact) mass is 381 g/mol. The maximum absolute atomic E-state index is 12.5. The van der Waals surface area contributed by atoms with Crippen LogP contribution in [0.2, 0.25) is 0 Å². The fourth-order valence-electron chi connectivity index (χ4n) is 1.89. The number of nitrogens with two attached hydrogens (primary N) is 1. The highest BCUT2D eigenvalue weighted by Crippen LogP contribution is 2.40. The van der Waals surface area contributed by atoms with Crippen molar-refractivity contribution >= 4 is 35.0 Å². The number of pyridine rings is 2. The minimum absolute atomic E-state index is 0.0198. The maximum Gasteiger partial charge on any atom is 0.433 e. The molecule has 25 heavy (non-hydrogen) atoms. The first kappa shape index (κ1) is 18.9. The summed E-state index contributed by atoms with van der Waals surface area (Å²) in [5.41, 5.74) is 5.71. The molecule has 2 aromatic rings. The summed E-state index contributed by atoms with van der Waals surface area (Å²) in [4.78, 5) is 11.2. The van der Waals surface area contributed by atoms with Crippen LogP contribution in [0.1, 0.15) is 16.8 Å². The lowest BCUT2D eigenvalue weighted by Gasteiger charge is -2.11. The molecule has 2 aromatic heterocycles. The number of thioether (sulfide) groups is 2. The highest BCUT2D eigenvalue weighted by atomic mass is 32.2. The van der Waals surface area contributed by atoms with Crippen molar-refractivity contribution in [1.29, 1.82) is 5.26 Å². The molecule has 128 valence electrons. The van der Waals surface area contributed by atoms with E-state index in [1.807, 2.05) is 6.07 Å². The molecule has 0 amide bonds. The minimum atomic E-state index is -4.49. The number of nitrogen functional groups attached to an aromatic ring is 1. The van der Waals surface area contributed by atoms with Crippen LogP contribution in [0.25, 0.3) is 4.85 Å². The van der Waals surface area contributed by atoms with E-state index in [-0.39, 0.29) is 22.8 Å². The predicted octanol–water partition coefficient (Wildman–Crippen LogP) is 4.51. The smallest absolute Gasteiger partial charge is 0.392 e. The van der Waals surface area contributed by atoms with Gasteiger partial charge in [-0.3, -0.25) is 4.98 Å². The van der Waals surface area contributed by atoms with E-state index in [4.69, 9.17) is 12.3 Å². The SMILES string of the molecule is [C-]#[N+]c1c(N)nc(SCc2ccc(C(F)(F)F)nc2)c(C#N)c1SC. The van der Waals surface area contributed by atoms with E-state index >= 15 is 0 Å². The van der Waals surface area contributed by atoms with Crippen molar-refractivity contribution in [2.24, 2.45) is 0 Å². The van der Waals surface area contributed by atoms with Crippen LogP contribution in [-0.2, 0) is 11.9 Å². The van der Waals surface area contributed by atoms with Gasteiger partial charge >= 0.3 is 6.18 Å². The van der Waals surface area contributed by atoms with E-state index < -0.39 is 11.9 Å². The fourth-order valence-corrected chi connectivity index (χ4v) is 3.57. The Labute approximate surface area is 150 Å². The van der Waals surface area contributed by atoms with E-state index in [2.05, 4.69) is 14.8 Å². The summed E-state index contributed by atoms with van der Waals surface area (Å²) in [6, 6.07) is 4.24. The molecule has 0 spiro atoms. The molecule has 2 heterocycles. The van der Waals surface area contributed by atoms with Crippen molar-refractivity contribution in [3.05, 3.63) is 46.6 Å². The number of rotatable bonds is 4. The van der Waals surface area contributed by atoms with E-state index in [9.17, 15) is 18.4 Å². The number of nitriles is 1. The summed E-state index contributed by atoms with van der Waals surface area (Å²) >= 11 is 2.37. The average Bonchev–Trinajstić information content (AvgIpc) is 2.58. The molecule has 0 aliphatic heterocycles. The second kappa shape index (κ2) is 7.64. The third-order valence-electron chi connectivity index (χ3n) is 3.04. The quantitative estimate of drug-likeness (QED) is 0.620. The molecule has 0 aromatic carbocycles. The highest BCUT2D eigenvalue weighted by Gasteiger charge is 2.32. The second-order valence-electron chi connectivity index (χ2n) is 4.62. The van der Waals surface area contributed by atoms with Gasteiger partial charge in [0.15, 0.2) is 0 Å². The molecule has 0 aliphatic rings. The summed E-state index contributed by atoms with van der Waals surface area (Å²) in [5, 5.41) is 9.70. The maximum atomic E-state index is 12.5. The zero-order valence-electron chi connectivity index (χ0n) is 12.8. The Morgan fingerprint density at radius 2 is 2.12 bits per heavy atom. The lowest BCUT2D eigenvalue weighted by Crippen LogP contribution is -2.07. The van der Waals surface area contributed by atoms with Crippen LogP contribution in [0, 0.1) is 17.9 Å². The summed E-state index contributed by atoms with van der Waals surface area (Å²) in [6.07, 6.45) is -1.63. The predicted molar refractivity (Wildman–Crippen MR) is 90.2 cm³/mol. The van der Waals surface area contributed by atoms with Gasteiger partial charge in [-0.05, 0) is 17.9 Å². The number of nitrogens with zero attached hydrogens (tertiary/aromatic N) is 4. The number of halogens is 3. The van der Waals surface area contributed by atoms with Gasteiger partial charge in [0.1, 0.15) is 22.6 Å². The average molecular weight is 381 g/mol. The van der Waals surface area contributed by atoms with Crippen molar-refractivity contribution in [2.75, 3.05) is 12.0 Å². The standard InChI is InChI=1S/C15H10F3N5S2/c1-21-11-12(24-2)9(5-19)14(23-13(11)20)25-7-8-3-4-10(22-6-8)15(16,17)18/h3-4,6H,7H2,2H3,(H2,20,23). The first-order valence-electron chi connectivity index (χ1n) is 6.61. The zero-order valence-corrected chi connectivity index (χ0v) is 14.4. The molecule has 0 bridgehead atoms. The largest absolute Gasteiger partial charge is 0.433 e. The molecule has 2 N–H and O–H groups in total. The van der Waals surface area contributed by atoms with Gasteiger partial charge in [0.05, 0.1) is 12.1 Å².